The van der Waals surface area contributed by atoms with Crippen LogP contribution in [0.25, 0.3) is 0 Å². The highest BCUT2D eigenvalue weighted by molar-refractivity contribution is 6.34. The lowest BCUT2D eigenvalue weighted by atomic mass is 9.96. The van der Waals surface area contributed by atoms with E-state index in [0.717, 1.165) is 19.6 Å². The second-order valence-corrected chi connectivity index (χ2v) is 7.17. The molecule has 2 atom stereocenters. The Hall–Kier alpha value is -1.11. The summed E-state index contributed by atoms with van der Waals surface area (Å²) in [5, 5.41) is 14.3. The summed E-state index contributed by atoms with van der Waals surface area (Å²) in [5.74, 6) is 0.392. The van der Waals surface area contributed by atoms with Crippen LogP contribution in [0.5, 0.6) is 0 Å². The predicted molar refractivity (Wildman–Crippen MR) is 88.6 cm³/mol. The van der Waals surface area contributed by atoms with Crippen LogP contribution in [0.3, 0.4) is 0 Å². The van der Waals surface area contributed by atoms with Crippen LogP contribution >= 0.6 is 11.6 Å². The highest BCUT2D eigenvalue weighted by Gasteiger charge is 2.37. The summed E-state index contributed by atoms with van der Waals surface area (Å²) in [6.45, 7) is 6.43. The number of hydrogen-bond acceptors (Lipinski definition) is 4. The maximum atomic E-state index is 12.8. The van der Waals surface area contributed by atoms with Crippen LogP contribution in [0.4, 0.5) is 0 Å². The van der Waals surface area contributed by atoms with Gasteiger partial charge in [0.2, 0.25) is 0 Å². The molecule has 3 rings (SSSR count). The fourth-order valence-corrected chi connectivity index (χ4v) is 4.07. The third kappa shape index (κ3) is 3.25. The van der Waals surface area contributed by atoms with Crippen LogP contribution in [-0.4, -0.2) is 69.9 Å². The summed E-state index contributed by atoms with van der Waals surface area (Å²) in [5.41, 5.74) is 1.12. The minimum Gasteiger partial charge on any atom is -0.396 e. The zero-order valence-corrected chi connectivity index (χ0v) is 14.6. The lowest BCUT2D eigenvalue weighted by Gasteiger charge is -2.22. The molecule has 6 nitrogen and oxygen atoms in total. The number of aliphatic hydroxyl groups excluding tert-OH is 1. The number of halogens is 1. The first-order valence-corrected chi connectivity index (χ1v) is 8.70. The number of aryl methyl sites for hydroxylation is 2. The molecule has 0 radical (unpaired) electrons. The third-order valence-corrected chi connectivity index (χ3v) is 5.59. The lowest BCUT2D eigenvalue weighted by Crippen LogP contribution is -2.33. The smallest absolute Gasteiger partial charge is 0.273 e. The van der Waals surface area contributed by atoms with Crippen LogP contribution < -0.4 is 0 Å². The Morgan fingerprint density at radius 1 is 1.30 bits per heavy atom. The molecule has 2 fully saturated rings. The highest BCUT2D eigenvalue weighted by Crippen LogP contribution is 2.29. The molecule has 0 spiro atoms. The molecule has 1 aromatic rings. The van der Waals surface area contributed by atoms with Gasteiger partial charge in [-0.25, -0.2) is 0 Å². The molecule has 2 aliphatic rings. The molecule has 0 unspecified atom stereocenters. The summed E-state index contributed by atoms with van der Waals surface area (Å²) in [7, 11) is 1.74. The average molecular weight is 341 g/mol. The highest BCUT2D eigenvalue weighted by atomic mass is 35.5. The Morgan fingerprint density at radius 2 is 1.96 bits per heavy atom. The zero-order valence-electron chi connectivity index (χ0n) is 13.8. The second kappa shape index (κ2) is 6.79. The molecule has 7 heteroatoms. The number of nitrogens with zero attached hydrogens (tertiary/aromatic N) is 4. The fourth-order valence-electron chi connectivity index (χ4n) is 3.83. The molecule has 2 saturated heterocycles. The summed E-state index contributed by atoms with van der Waals surface area (Å²) in [6.07, 6.45) is 2.51. The average Bonchev–Trinajstić information content (AvgIpc) is 3.21. The maximum absolute atomic E-state index is 12.8. The van der Waals surface area contributed by atoms with E-state index in [0.29, 0.717) is 35.4 Å². The summed E-state index contributed by atoms with van der Waals surface area (Å²) < 4.78 is 1.56. The van der Waals surface area contributed by atoms with E-state index in [9.17, 15) is 9.90 Å². The van der Waals surface area contributed by atoms with Crippen molar-refractivity contribution in [3.05, 3.63) is 16.4 Å². The van der Waals surface area contributed by atoms with Crippen LogP contribution in [0.2, 0.25) is 5.02 Å². The monoisotopic (exact) mass is 340 g/mol. The molecule has 1 aromatic heterocycles. The first-order chi connectivity index (χ1) is 11.0. The minimum absolute atomic E-state index is 0.0829. The standard InChI is InChI=1S/C16H25ClN4O2/c1-11-14(17)15(19(2)18-11)16(23)21-8-12(13(9-21)10-22)7-20-5-3-4-6-20/h12-13,22H,3-10H2,1-2H3/t12-,13-/m1/s1. The van der Waals surface area contributed by atoms with E-state index in [4.69, 9.17) is 11.6 Å². The van der Waals surface area contributed by atoms with E-state index in [2.05, 4.69) is 10.00 Å². The van der Waals surface area contributed by atoms with Crippen molar-refractivity contribution in [1.29, 1.82) is 0 Å². The zero-order chi connectivity index (χ0) is 16.6. The van der Waals surface area contributed by atoms with Crippen molar-refractivity contribution in [2.45, 2.75) is 19.8 Å². The van der Waals surface area contributed by atoms with Crippen molar-refractivity contribution in [3.8, 4) is 0 Å². The molecule has 0 aromatic carbocycles. The van der Waals surface area contributed by atoms with Gasteiger partial charge in [-0.1, -0.05) is 11.6 Å². The lowest BCUT2D eigenvalue weighted by molar-refractivity contribution is 0.0768. The minimum atomic E-state index is -0.0829. The van der Waals surface area contributed by atoms with Gasteiger partial charge >= 0.3 is 0 Å². The van der Waals surface area contributed by atoms with Crippen LogP contribution in [0.15, 0.2) is 0 Å². The van der Waals surface area contributed by atoms with Gasteiger partial charge in [0, 0.05) is 39.2 Å². The number of aliphatic hydroxyl groups is 1. The van der Waals surface area contributed by atoms with E-state index in [1.54, 1.807) is 18.7 Å². The van der Waals surface area contributed by atoms with Crippen molar-refractivity contribution in [2.24, 2.45) is 18.9 Å². The van der Waals surface area contributed by atoms with Gasteiger partial charge in [-0.2, -0.15) is 5.10 Å². The summed E-state index contributed by atoms with van der Waals surface area (Å²) in [6, 6.07) is 0. The molecule has 2 aliphatic heterocycles. The molecular formula is C16H25ClN4O2. The molecule has 1 N–H and O–H groups in total. The number of amides is 1. The Kier molecular flexibility index (Phi) is 4.94. The van der Waals surface area contributed by atoms with Gasteiger partial charge in [0.25, 0.3) is 5.91 Å². The Bertz CT molecular complexity index is 583. The fraction of sp³-hybridized carbons (Fsp3) is 0.750. The summed E-state index contributed by atoms with van der Waals surface area (Å²) >= 11 is 6.24. The van der Waals surface area contributed by atoms with Crippen molar-refractivity contribution < 1.29 is 9.90 Å². The van der Waals surface area contributed by atoms with E-state index in [1.807, 2.05) is 4.90 Å². The molecule has 128 valence electrons. The number of likely N-dealkylation sites (tertiary alicyclic amines) is 2. The second-order valence-electron chi connectivity index (χ2n) is 6.79. The van der Waals surface area contributed by atoms with Gasteiger partial charge in [0.15, 0.2) is 0 Å². The largest absolute Gasteiger partial charge is 0.396 e. The SMILES string of the molecule is Cc1nn(C)c(C(=O)N2C[C@@H](CN3CCCC3)[C@@H](CO)C2)c1Cl. The van der Waals surface area contributed by atoms with Gasteiger partial charge < -0.3 is 14.9 Å². The Balaban J connectivity index is 1.72. The quantitative estimate of drug-likeness (QED) is 0.893. The van der Waals surface area contributed by atoms with Crippen LogP contribution in [-0.2, 0) is 7.05 Å². The molecule has 3 heterocycles. The van der Waals surface area contributed by atoms with Gasteiger partial charge in [0.05, 0.1) is 10.7 Å². The van der Waals surface area contributed by atoms with Gasteiger partial charge in [0.1, 0.15) is 5.69 Å². The van der Waals surface area contributed by atoms with Crippen molar-refractivity contribution in [1.82, 2.24) is 19.6 Å². The topological polar surface area (TPSA) is 61.6 Å². The third-order valence-electron chi connectivity index (χ3n) is 5.14. The van der Waals surface area contributed by atoms with E-state index in [-0.39, 0.29) is 18.4 Å². The summed E-state index contributed by atoms with van der Waals surface area (Å²) in [4.78, 5) is 17.1. The van der Waals surface area contributed by atoms with Crippen LogP contribution in [0, 0.1) is 18.8 Å². The van der Waals surface area contributed by atoms with E-state index >= 15 is 0 Å². The molecule has 1 amide bonds. The normalized spacial score (nSPS) is 25.5. The molecular weight excluding hydrogens is 316 g/mol. The number of hydrogen-bond donors (Lipinski definition) is 1. The van der Waals surface area contributed by atoms with Crippen molar-refractivity contribution in [2.75, 3.05) is 39.3 Å². The Labute approximate surface area is 142 Å². The first kappa shape index (κ1) is 16.7. The van der Waals surface area contributed by atoms with E-state index < -0.39 is 0 Å². The number of aromatic nitrogens is 2. The van der Waals surface area contributed by atoms with Gasteiger partial charge in [-0.15, -0.1) is 0 Å². The predicted octanol–water partition coefficient (Wildman–Crippen LogP) is 1.16. The van der Waals surface area contributed by atoms with Crippen LogP contribution in [0.1, 0.15) is 29.0 Å². The molecule has 0 aliphatic carbocycles. The molecule has 0 saturated carbocycles. The number of rotatable bonds is 4. The van der Waals surface area contributed by atoms with Crippen molar-refractivity contribution in [3.63, 3.8) is 0 Å². The van der Waals surface area contributed by atoms with E-state index in [1.165, 1.54) is 12.8 Å². The number of carbonyl (C=O) groups is 1. The molecule has 23 heavy (non-hydrogen) atoms. The first-order valence-electron chi connectivity index (χ1n) is 8.32. The molecule has 0 bridgehead atoms. The Morgan fingerprint density at radius 3 is 2.52 bits per heavy atom. The van der Waals surface area contributed by atoms with Gasteiger partial charge in [-0.3, -0.25) is 9.48 Å². The number of carbonyl (C=O) groups excluding carboxylic acids is 1. The maximum Gasteiger partial charge on any atom is 0.273 e. The van der Waals surface area contributed by atoms with Crippen molar-refractivity contribution >= 4 is 17.5 Å². The van der Waals surface area contributed by atoms with Gasteiger partial charge in [-0.05, 0) is 38.8 Å².